The Morgan fingerprint density at radius 3 is 2.56 bits per heavy atom. The van der Waals surface area contributed by atoms with Crippen LogP contribution in [0.2, 0.25) is 0 Å². The van der Waals surface area contributed by atoms with Gasteiger partial charge in [-0.1, -0.05) is 30.3 Å². The van der Waals surface area contributed by atoms with Crippen LogP contribution in [0, 0.1) is 0 Å². The maximum absolute atomic E-state index is 5.59. The fourth-order valence-electron chi connectivity index (χ4n) is 4.51. The first-order valence-electron chi connectivity index (χ1n) is 11.1. The minimum Gasteiger partial charge on any atom is -0.378 e. The molecule has 0 amide bonds. The van der Waals surface area contributed by atoms with Crippen LogP contribution in [0.4, 0.5) is 5.82 Å². The van der Waals surface area contributed by atoms with Gasteiger partial charge in [-0.05, 0) is 24.1 Å². The molecule has 0 radical (unpaired) electrons. The smallest absolute Gasteiger partial charge is 0.158 e. The van der Waals surface area contributed by atoms with Crippen molar-refractivity contribution >= 4 is 17.7 Å². The summed E-state index contributed by atoms with van der Waals surface area (Å²) in [5.41, 5.74) is 5.08. The molecule has 0 saturated carbocycles. The molecule has 0 N–H and O–H groups in total. The molecular weight excluding hydrogens is 400 g/mol. The van der Waals surface area contributed by atoms with Crippen LogP contribution in [-0.2, 0) is 4.74 Å². The zero-order valence-electron chi connectivity index (χ0n) is 17.7. The van der Waals surface area contributed by atoms with Gasteiger partial charge in [-0.25, -0.2) is 4.98 Å². The number of hydrogen-bond acceptors (Lipinski definition) is 6. The van der Waals surface area contributed by atoms with Gasteiger partial charge in [0.2, 0.25) is 0 Å². The molecule has 1 saturated heterocycles. The predicted molar refractivity (Wildman–Crippen MR) is 124 cm³/mol. The second-order valence-electron chi connectivity index (χ2n) is 8.24. The number of benzene rings is 1. The first-order valence-corrected chi connectivity index (χ1v) is 11.1. The van der Waals surface area contributed by atoms with Gasteiger partial charge in [0.1, 0.15) is 5.82 Å². The SMILES string of the molecule is C1=NC(c2ccccc2)CC1c1cc(N2CCOCC2)n2nc(-c3ccncc3)cc2n1. The minimum atomic E-state index is 0.184. The lowest BCUT2D eigenvalue weighted by atomic mass is 9.96. The molecule has 0 aliphatic carbocycles. The van der Waals surface area contributed by atoms with Crippen molar-refractivity contribution in [1.29, 1.82) is 0 Å². The molecule has 32 heavy (non-hydrogen) atoms. The molecule has 3 aromatic heterocycles. The van der Waals surface area contributed by atoms with E-state index in [1.54, 1.807) is 12.4 Å². The summed E-state index contributed by atoms with van der Waals surface area (Å²) in [7, 11) is 0. The lowest BCUT2D eigenvalue weighted by Gasteiger charge is -2.29. The van der Waals surface area contributed by atoms with Crippen molar-refractivity contribution in [1.82, 2.24) is 19.6 Å². The zero-order valence-corrected chi connectivity index (χ0v) is 17.7. The summed E-state index contributed by atoms with van der Waals surface area (Å²) in [6.45, 7) is 3.12. The van der Waals surface area contributed by atoms with Crippen LogP contribution in [0.1, 0.15) is 29.6 Å². The number of anilines is 1. The zero-order chi connectivity index (χ0) is 21.3. The quantitative estimate of drug-likeness (QED) is 0.497. The molecule has 7 nitrogen and oxygen atoms in total. The van der Waals surface area contributed by atoms with Gasteiger partial charge in [0.25, 0.3) is 0 Å². The molecule has 2 aliphatic heterocycles. The van der Waals surface area contributed by atoms with E-state index in [4.69, 9.17) is 19.8 Å². The fraction of sp³-hybridized carbons (Fsp3) is 0.280. The van der Waals surface area contributed by atoms with E-state index in [2.05, 4.69) is 52.5 Å². The molecule has 5 heterocycles. The second-order valence-corrected chi connectivity index (χ2v) is 8.24. The molecule has 2 unspecified atom stereocenters. The van der Waals surface area contributed by atoms with E-state index in [1.165, 1.54) is 5.56 Å². The number of rotatable bonds is 4. The van der Waals surface area contributed by atoms with Gasteiger partial charge in [0.15, 0.2) is 5.65 Å². The van der Waals surface area contributed by atoms with Crippen LogP contribution in [-0.4, -0.2) is 52.1 Å². The molecule has 1 aromatic carbocycles. The van der Waals surface area contributed by atoms with E-state index in [1.807, 2.05) is 22.7 Å². The summed E-state index contributed by atoms with van der Waals surface area (Å²) in [4.78, 5) is 16.3. The maximum atomic E-state index is 5.59. The highest BCUT2D eigenvalue weighted by Crippen LogP contribution is 2.36. The molecular formula is C25H24N6O. The van der Waals surface area contributed by atoms with E-state index >= 15 is 0 Å². The number of pyridine rings is 1. The Morgan fingerprint density at radius 1 is 0.938 bits per heavy atom. The third-order valence-electron chi connectivity index (χ3n) is 6.23. The Labute approximate surface area is 186 Å². The lowest BCUT2D eigenvalue weighted by molar-refractivity contribution is 0.122. The van der Waals surface area contributed by atoms with Gasteiger partial charge in [0, 0.05) is 55.3 Å². The van der Waals surface area contributed by atoms with Crippen molar-refractivity contribution in [3.63, 3.8) is 0 Å². The number of ether oxygens (including phenoxy) is 1. The van der Waals surface area contributed by atoms with Crippen LogP contribution in [0.15, 0.2) is 72.0 Å². The van der Waals surface area contributed by atoms with E-state index in [-0.39, 0.29) is 12.0 Å². The summed E-state index contributed by atoms with van der Waals surface area (Å²) < 4.78 is 7.55. The summed E-state index contributed by atoms with van der Waals surface area (Å²) in [5.74, 6) is 1.24. The van der Waals surface area contributed by atoms with Crippen molar-refractivity contribution < 1.29 is 4.74 Å². The van der Waals surface area contributed by atoms with Crippen molar-refractivity contribution in [3.05, 3.63) is 78.2 Å². The molecule has 2 atom stereocenters. The minimum absolute atomic E-state index is 0.184. The van der Waals surface area contributed by atoms with E-state index < -0.39 is 0 Å². The number of fused-ring (bicyclic) bond motifs is 1. The normalized spacial score (nSPS) is 20.8. The third kappa shape index (κ3) is 3.54. The molecule has 7 heteroatoms. The predicted octanol–water partition coefficient (Wildman–Crippen LogP) is 3.93. The summed E-state index contributed by atoms with van der Waals surface area (Å²) in [6.07, 6.45) is 6.58. The van der Waals surface area contributed by atoms with Gasteiger partial charge in [-0.3, -0.25) is 9.98 Å². The molecule has 0 spiro atoms. The highest BCUT2D eigenvalue weighted by Gasteiger charge is 2.26. The van der Waals surface area contributed by atoms with E-state index in [0.717, 1.165) is 61.1 Å². The topological polar surface area (TPSA) is 67.9 Å². The summed E-state index contributed by atoms with van der Waals surface area (Å²) in [6, 6.07) is 18.9. The van der Waals surface area contributed by atoms with Gasteiger partial charge < -0.3 is 9.64 Å². The Morgan fingerprint density at radius 2 is 1.75 bits per heavy atom. The van der Waals surface area contributed by atoms with Gasteiger partial charge in [0.05, 0.1) is 30.6 Å². The largest absolute Gasteiger partial charge is 0.378 e. The average molecular weight is 425 g/mol. The number of morpholine rings is 1. The van der Waals surface area contributed by atoms with Crippen LogP contribution in [0.25, 0.3) is 16.9 Å². The first kappa shape index (κ1) is 19.1. The average Bonchev–Trinajstić information content (AvgIpc) is 3.53. The first-order chi connectivity index (χ1) is 15.8. The highest BCUT2D eigenvalue weighted by molar-refractivity contribution is 5.72. The van der Waals surface area contributed by atoms with Gasteiger partial charge in [-0.2, -0.15) is 9.61 Å². The maximum Gasteiger partial charge on any atom is 0.158 e. The molecule has 6 rings (SSSR count). The Kier molecular flexibility index (Phi) is 4.88. The molecule has 0 bridgehead atoms. The third-order valence-corrected chi connectivity index (χ3v) is 6.23. The van der Waals surface area contributed by atoms with Gasteiger partial charge in [-0.15, -0.1) is 0 Å². The molecule has 2 aliphatic rings. The number of nitrogens with zero attached hydrogens (tertiary/aromatic N) is 6. The molecule has 4 aromatic rings. The highest BCUT2D eigenvalue weighted by atomic mass is 16.5. The Balaban J connectivity index is 1.40. The van der Waals surface area contributed by atoms with Crippen molar-refractivity contribution in [2.45, 2.75) is 18.4 Å². The van der Waals surface area contributed by atoms with Crippen molar-refractivity contribution in [2.75, 3.05) is 31.2 Å². The summed E-state index contributed by atoms with van der Waals surface area (Å²) in [5, 5.41) is 4.90. The van der Waals surface area contributed by atoms with Crippen LogP contribution >= 0.6 is 0 Å². The van der Waals surface area contributed by atoms with Crippen LogP contribution < -0.4 is 4.90 Å². The lowest BCUT2D eigenvalue weighted by Crippen LogP contribution is -2.37. The van der Waals surface area contributed by atoms with E-state index in [9.17, 15) is 0 Å². The second kappa shape index (κ2) is 8.16. The standard InChI is InChI=1S/C25H24N6O/c1-2-4-18(5-3-1)21-14-20(17-27-21)22-16-25(30-10-12-32-13-11-30)31-24(28-22)15-23(29-31)19-6-8-26-9-7-19/h1-9,15-17,20-21H,10-14H2. The fourth-order valence-corrected chi connectivity index (χ4v) is 4.51. The molecule has 160 valence electrons. The molecule has 1 fully saturated rings. The Bertz CT molecular complexity index is 1250. The number of aromatic nitrogens is 4. The number of hydrogen-bond donors (Lipinski definition) is 0. The van der Waals surface area contributed by atoms with Crippen LogP contribution in [0.5, 0.6) is 0 Å². The van der Waals surface area contributed by atoms with Crippen molar-refractivity contribution in [2.24, 2.45) is 4.99 Å². The number of aliphatic imine (C=N–C) groups is 1. The van der Waals surface area contributed by atoms with Gasteiger partial charge >= 0.3 is 0 Å². The monoisotopic (exact) mass is 424 g/mol. The van der Waals surface area contributed by atoms with Crippen LogP contribution in [0.3, 0.4) is 0 Å². The summed E-state index contributed by atoms with van der Waals surface area (Å²) >= 11 is 0. The van der Waals surface area contributed by atoms with Crippen molar-refractivity contribution in [3.8, 4) is 11.3 Å². The Hall–Kier alpha value is -3.58. The van der Waals surface area contributed by atoms with E-state index in [0.29, 0.717) is 0 Å².